The highest BCUT2D eigenvalue weighted by atomic mass is 32.2. The van der Waals surface area contributed by atoms with Gasteiger partial charge in [-0.1, -0.05) is 72.4 Å². The molecule has 1 heterocycles. The summed E-state index contributed by atoms with van der Waals surface area (Å²) in [6, 6.07) is 31.3. The van der Waals surface area contributed by atoms with Crippen LogP contribution in [0.15, 0.2) is 108 Å². The number of para-hydroxylation sites is 1. The number of carbonyl (C=O) groups is 1. The Morgan fingerprint density at radius 3 is 2.27 bits per heavy atom. The van der Waals surface area contributed by atoms with Gasteiger partial charge in [-0.3, -0.25) is 9.36 Å². The number of hydrogen-bond donors (Lipinski definition) is 1. The molecule has 0 aliphatic rings. The first kappa shape index (κ1) is 24.3. The number of halogens is 1. The summed E-state index contributed by atoms with van der Waals surface area (Å²) in [6.07, 6.45) is 0. The van der Waals surface area contributed by atoms with E-state index in [1.807, 2.05) is 78.9 Å². The smallest absolute Gasteiger partial charge is 0.234 e. The van der Waals surface area contributed by atoms with Gasteiger partial charge in [-0.15, -0.1) is 10.2 Å². The number of anilines is 1. The Morgan fingerprint density at radius 2 is 1.54 bits per heavy atom. The van der Waals surface area contributed by atoms with Crippen LogP contribution >= 0.6 is 11.8 Å². The highest BCUT2D eigenvalue weighted by molar-refractivity contribution is 7.99. The molecule has 5 aromatic rings. The first-order valence-electron chi connectivity index (χ1n) is 11.6. The second kappa shape index (κ2) is 11.1. The van der Waals surface area contributed by atoms with Crippen molar-refractivity contribution in [3.05, 3.63) is 109 Å². The van der Waals surface area contributed by atoms with Gasteiger partial charge in [0.15, 0.2) is 11.0 Å². The molecular formula is C29H23FN4O2S. The first-order valence-corrected chi connectivity index (χ1v) is 12.5. The predicted molar refractivity (Wildman–Crippen MR) is 145 cm³/mol. The van der Waals surface area contributed by atoms with E-state index in [0.29, 0.717) is 22.3 Å². The fraction of sp³-hybridized carbons (Fsp3) is 0.0690. The normalized spacial score (nSPS) is 10.8. The lowest BCUT2D eigenvalue weighted by Crippen LogP contribution is -2.15. The Bertz CT molecular complexity index is 1520. The molecule has 8 heteroatoms. The van der Waals surface area contributed by atoms with E-state index < -0.39 is 5.82 Å². The minimum absolute atomic E-state index is 0.0919. The number of carbonyl (C=O) groups excluding carboxylic acids is 1. The lowest BCUT2D eigenvalue weighted by Gasteiger charge is -2.13. The molecular weight excluding hydrogens is 487 g/mol. The topological polar surface area (TPSA) is 69.0 Å². The molecule has 0 radical (unpaired) electrons. The van der Waals surface area contributed by atoms with Crippen molar-refractivity contribution < 1.29 is 13.9 Å². The van der Waals surface area contributed by atoms with Crippen LogP contribution in [0.5, 0.6) is 5.75 Å². The molecule has 5 rings (SSSR count). The van der Waals surface area contributed by atoms with Gasteiger partial charge in [0.1, 0.15) is 11.6 Å². The molecule has 0 saturated heterocycles. The van der Waals surface area contributed by atoms with Crippen molar-refractivity contribution in [1.29, 1.82) is 0 Å². The van der Waals surface area contributed by atoms with Gasteiger partial charge >= 0.3 is 0 Å². The average Bonchev–Trinajstić information content (AvgIpc) is 3.36. The molecule has 0 aliphatic carbocycles. The molecule has 1 aromatic heterocycles. The SMILES string of the molecule is COc1ccc(-n2c(SCC(=O)Nc3ccccc3-c3ccccc3)nnc2-c2ccccc2F)cc1. The van der Waals surface area contributed by atoms with E-state index in [2.05, 4.69) is 15.5 Å². The third kappa shape index (κ3) is 5.39. The molecule has 0 atom stereocenters. The number of nitrogens with one attached hydrogen (secondary N) is 1. The fourth-order valence-electron chi connectivity index (χ4n) is 3.92. The molecule has 6 nitrogen and oxygen atoms in total. The third-order valence-electron chi connectivity index (χ3n) is 5.70. The number of rotatable bonds is 8. The van der Waals surface area contributed by atoms with E-state index in [1.54, 1.807) is 29.9 Å². The quantitative estimate of drug-likeness (QED) is 0.242. The molecule has 37 heavy (non-hydrogen) atoms. The van der Waals surface area contributed by atoms with Crippen molar-refractivity contribution in [3.8, 4) is 34.0 Å². The number of benzene rings is 4. The maximum atomic E-state index is 14.7. The van der Waals surface area contributed by atoms with Crippen LogP contribution < -0.4 is 10.1 Å². The summed E-state index contributed by atoms with van der Waals surface area (Å²) < 4.78 is 21.7. The van der Waals surface area contributed by atoms with Crippen LogP contribution in [0.2, 0.25) is 0 Å². The maximum absolute atomic E-state index is 14.7. The lowest BCUT2D eigenvalue weighted by atomic mass is 10.0. The van der Waals surface area contributed by atoms with E-state index in [1.165, 1.54) is 17.8 Å². The second-order valence-corrected chi connectivity index (χ2v) is 9.01. The summed E-state index contributed by atoms with van der Waals surface area (Å²) in [4.78, 5) is 13.0. The molecule has 0 unspecified atom stereocenters. The molecule has 1 N–H and O–H groups in total. The van der Waals surface area contributed by atoms with Gasteiger partial charge in [0.25, 0.3) is 0 Å². The fourth-order valence-corrected chi connectivity index (χ4v) is 4.67. The van der Waals surface area contributed by atoms with Crippen molar-refractivity contribution in [2.75, 3.05) is 18.2 Å². The number of methoxy groups -OCH3 is 1. The van der Waals surface area contributed by atoms with Crippen molar-refractivity contribution in [2.24, 2.45) is 0 Å². The first-order chi connectivity index (χ1) is 18.1. The number of nitrogens with zero attached hydrogens (tertiary/aromatic N) is 3. The predicted octanol–water partition coefficient (Wildman–Crippen LogP) is 6.48. The van der Waals surface area contributed by atoms with Gasteiger partial charge in [0.2, 0.25) is 5.91 Å². The standard InChI is InChI=1S/C29H23FN4O2S/c1-36-22-17-15-21(16-18-22)34-28(24-12-5-7-13-25(24)30)32-33-29(34)37-19-27(35)31-26-14-8-6-11-23(26)20-9-3-2-4-10-20/h2-18H,19H2,1H3,(H,31,35). The van der Waals surface area contributed by atoms with Crippen LogP contribution in [0.25, 0.3) is 28.2 Å². The minimum atomic E-state index is -0.406. The Balaban J connectivity index is 1.41. The molecule has 0 fully saturated rings. The molecule has 184 valence electrons. The number of hydrogen-bond acceptors (Lipinski definition) is 5. The van der Waals surface area contributed by atoms with Crippen molar-refractivity contribution in [3.63, 3.8) is 0 Å². The van der Waals surface area contributed by atoms with Crippen molar-refractivity contribution >= 4 is 23.4 Å². The summed E-state index contributed by atoms with van der Waals surface area (Å²) in [5, 5.41) is 12.0. The molecule has 0 saturated carbocycles. The summed E-state index contributed by atoms with van der Waals surface area (Å²) in [7, 11) is 1.59. The van der Waals surface area contributed by atoms with Gasteiger partial charge in [-0.2, -0.15) is 0 Å². The van der Waals surface area contributed by atoms with E-state index >= 15 is 0 Å². The van der Waals surface area contributed by atoms with Crippen LogP contribution in [0, 0.1) is 5.82 Å². The summed E-state index contributed by atoms with van der Waals surface area (Å²) in [5.41, 5.74) is 3.72. The number of thioether (sulfide) groups is 1. The zero-order valence-electron chi connectivity index (χ0n) is 20.0. The van der Waals surface area contributed by atoms with Gasteiger partial charge in [-0.05, 0) is 48.0 Å². The third-order valence-corrected chi connectivity index (χ3v) is 6.63. The van der Waals surface area contributed by atoms with Crippen LogP contribution in [-0.2, 0) is 4.79 Å². The summed E-state index contributed by atoms with van der Waals surface area (Å²) >= 11 is 1.23. The van der Waals surface area contributed by atoms with Crippen LogP contribution in [-0.4, -0.2) is 33.5 Å². The Labute approximate surface area is 218 Å². The monoisotopic (exact) mass is 510 g/mol. The highest BCUT2D eigenvalue weighted by Crippen LogP contribution is 2.31. The van der Waals surface area contributed by atoms with Crippen molar-refractivity contribution in [1.82, 2.24) is 14.8 Å². The van der Waals surface area contributed by atoms with Gasteiger partial charge in [-0.25, -0.2) is 4.39 Å². The zero-order valence-corrected chi connectivity index (χ0v) is 20.8. The van der Waals surface area contributed by atoms with Crippen LogP contribution in [0.1, 0.15) is 0 Å². The Morgan fingerprint density at radius 1 is 0.865 bits per heavy atom. The summed E-state index contributed by atoms with van der Waals surface area (Å²) in [6.45, 7) is 0. The molecule has 4 aromatic carbocycles. The van der Waals surface area contributed by atoms with E-state index in [-0.39, 0.29) is 11.7 Å². The van der Waals surface area contributed by atoms with E-state index in [9.17, 15) is 9.18 Å². The average molecular weight is 511 g/mol. The number of ether oxygens (including phenoxy) is 1. The Kier molecular flexibility index (Phi) is 7.28. The van der Waals surface area contributed by atoms with Crippen LogP contribution in [0.4, 0.5) is 10.1 Å². The van der Waals surface area contributed by atoms with Crippen molar-refractivity contribution in [2.45, 2.75) is 5.16 Å². The van der Waals surface area contributed by atoms with Gasteiger partial charge < -0.3 is 10.1 Å². The highest BCUT2D eigenvalue weighted by Gasteiger charge is 2.20. The lowest BCUT2D eigenvalue weighted by molar-refractivity contribution is -0.113. The number of amides is 1. The molecule has 1 amide bonds. The zero-order chi connectivity index (χ0) is 25.6. The van der Waals surface area contributed by atoms with Gasteiger partial charge in [0, 0.05) is 11.3 Å². The van der Waals surface area contributed by atoms with Crippen LogP contribution in [0.3, 0.4) is 0 Å². The second-order valence-electron chi connectivity index (χ2n) is 8.07. The Hall–Kier alpha value is -4.43. The molecule has 0 aliphatic heterocycles. The largest absolute Gasteiger partial charge is 0.497 e. The van der Waals surface area contributed by atoms with E-state index in [4.69, 9.17) is 4.74 Å². The maximum Gasteiger partial charge on any atom is 0.234 e. The minimum Gasteiger partial charge on any atom is -0.497 e. The summed E-state index contributed by atoms with van der Waals surface area (Å²) in [5.74, 6) is 0.534. The molecule has 0 spiro atoms. The molecule has 0 bridgehead atoms. The van der Waals surface area contributed by atoms with Gasteiger partial charge in [0.05, 0.1) is 24.1 Å². The number of aromatic nitrogens is 3. The van der Waals surface area contributed by atoms with E-state index in [0.717, 1.165) is 22.5 Å².